The van der Waals surface area contributed by atoms with Gasteiger partial charge in [0.15, 0.2) is 11.2 Å². The summed E-state index contributed by atoms with van der Waals surface area (Å²) in [6.45, 7) is 3.56. The highest BCUT2D eigenvalue weighted by Crippen LogP contribution is 2.22. The maximum absolute atomic E-state index is 13.2. The second-order valence-electron chi connectivity index (χ2n) is 7.37. The van der Waals surface area contributed by atoms with Crippen LogP contribution in [-0.4, -0.2) is 52.4 Å². The Balaban J connectivity index is 1.52. The van der Waals surface area contributed by atoms with Gasteiger partial charge in [0.1, 0.15) is 5.76 Å². The third kappa shape index (κ3) is 3.68. The summed E-state index contributed by atoms with van der Waals surface area (Å²) < 4.78 is 7.42. The third-order valence-corrected chi connectivity index (χ3v) is 5.33. The molecule has 1 saturated heterocycles. The Labute approximate surface area is 168 Å². The van der Waals surface area contributed by atoms with Gasteiger partial charge in [-0.25, -0.2) is 0 Å². The van der Waals surface area contributed by atoms with Gasteiger partial charge in [-0.1, -0.05) is 6.07 Å². The molecule has 0 N–H and O–H groups in total. The molecule has 0 atom stereocenters. The molecule has 29 heavy (non-hydrogen) atoms. The van der Waals surface area contributed by atoms with Crippen molar-refractivity contribution < 1.29 is 14.0 Å². The van der Waals surface area contributed by atoms with E-state index in [0.717, 1.165) is 10.9 Å². The van der Waals surface area contributed by atoms with Crippen LogP contribution in [0.15, 0.2) is 51.8 Å². The number of nitrogens with zero attached hydrogens (tertiary/aromatic N) is 3. The predicted molar refractivity (Wildman–Crippen MR) is 109 cm³/mol. The Morgan fingerprint density at radius 2 is 1.69 bits per heavy atom. The summed E-state index contributed by atoms with van der Waals surface area (Å²) in [5, 5.41) is 0.929. The van der Waals surface area contributed by atoms with E-state index in [9.17, 15) is 14.4 Å². The fourth-order valence-corrected chi connectivity index (χ4v) is 3.85. The van der Waals surface area contributed by atoms with Crippen molar-refractivity contribution >= 4 is 22.7 Å². The van der Waals surface area contributed by atoms with Gasteiger partial charge in [0.25, 0.3) is 11.8 Å². The summed E-state index contributed by atoms with van der Waals surface area (Å²) in [4.78, 5) is 41.1. The van der Waals surface area contributed by atoms with Crippen LogP contribution in [0.3, 0.4) is 0 Å². The molecule has 1 aliphatic rings. The number of amides is 2. The van der Waals surface area contributed by atoms with E-state index in [0.29, 0.717) is 43.9 Å². The Bertz CT molecular complexity index is 1140. The highest BCUT2D eigenvalue weighted by molar-refractivity contribution is 6.06. The van der Waals surface area contributed by atoms with Gasteiger partial charge in [-0.15, -0.1) is 0 Å². The number of fused-ring (bicyclic) bond motifs is 1. The first-order valence-electron chi connectivity index (χ1n) is 9.68. The zero-order valence-corrected chi connectivity index (χ0v) is 16.6. The van der Waals surface area contributed by atoms with Gasteiger partial charge in [0.05, 0.1) is 0 Å². The summed E-state index contributed by atoms with van der Waals surface area (Å²) in [7, 11) is 1.95. The van der Waals surface area contributed by atoms with Crippen LogP contribution < -0.4 is 5.43 Å². The van der Waals surface area contributed by atoms with E-state index in [1.807, 2.05) is 42.1 Å². The summed E-state index contributed by atoms with van der Waals surface area (Å²) in [5.41, 5.74) is 1.43. The molecule has 3 aromatic rings. The summed E-state index contributed by atoms with van der Waals surface area (Å²) in [6, 6.07) is 10.3. The van der Waals surface area contributed by atoms with Gasteiger partial charge in [0.2, 0.25) is 0 Å². The monoisotopic (exact) mass is 393 g/mol. The lowest BCUT2D eigenvalue weighted by Gasteiger charge is -2.22. The molecule has 3 heterocycles. The van der Waals surface area contributed by atoms with Crippen molar-refractivity contribution in [3.05, 3.63) is 69.9 Å². The largest absolute Gasteiger partial charge is 0.456 e. The number of carbonyl (C=O) groups is 2. The van der Waals surface area contributed by atoms with Crippen molar-refractivity contribution in [3.63, 3.8) is 0 Å². The summed E-state index contributed by atoms with van der Waals surface area (Å²) >= 11 is 0. The van der Waals surface area contributed by atoms with Crippen molar-refractivity contribution in [3.8, 4) is 0 Å². The van der Waals surface area contributed by atoms with Gasteiger partial charge >= 0.3 is 0 Å². The number of rotatable bonds is 2. The van der Waals surface area contributed by atoms with Gasteiger partial charge in [0, 0.05) is 68.0 Å². The van der Waals surface area contributed by atoms with Gasteiger partial charge < -0.3 is 18.8 Å². The zero-order chi connectivity index (χ0) is 20.5. The van der Waals surface area contributed by atoms with E-state index in [1.54, 1.807) is 16.7 Å². The molecule has 2 amide bonds. The number of benzene rings is 1. The lowest BCUT2D eigenvalue weighted by atomic mass is 10.1. The topological polar surface area (TPSA) is 75.8 Å². The minimum atomic E-state index is -0.315. The second-order valence-corrected chi connectivity index (χ2v) is 7.37. The predicted octanol–water partition coefficient (Wildman–Crippen LogP) is 2.43. The summed E-state index contributed by atoms with van der Waals surface area (Å²) in [6.07, 6.45) is 2.61. The number of aromatic nitrogens is 1. The molecule has 0 radical (unpaired) electrons. The van der Waals surface area contributed by atoms with Gasteiger partial charge in [-0.3, -0.25) is 14.4 Å². The van der Waals surface area contributed by atoms with E-state index in [-0.39, 0.29) is 23.0 Å². The van der Waals surface area contributed by atoms with Crippen LogP contribution in [0.5, 0.6) is 0 Å². The second kappa shape index (κ2) is 7.58. The first kappa shape index (κ1) is 19.0. The van der Waals surface area contributed by atoms with E-state index >= 15 is 0 Å². The van der Waals surface area contributed by atoms with Gasteiger partial charge in [-0.2, -0.15) is 0 Å². The van der Waals surface area contributed by atoms with Crippen molar-refractivity contribution in [2.75, 3.05) is 26.2 Å². The van der Waals surface area contributed by atoms with Crippen molar-refractivity contribution in [2.24, 2.45) is 7.05 Å². The fraction of sp³-hybridized carbons (Fsp3) is 0.318. The molecule has 0 bridgehead atoms. The van der Waals surface area contributed by atoms with E-state index < -0.39 is 0 Å². The molecular weight excluding hydrogens is 370 g/mol. The minimum Gasteiger partial charge on any atom is -0.456 e. The number of carbonyl (C=O) groups excluding carboxylic acids is 2. The van der Waals surface area contributed by atoms with Crippen molar-refractivity contribution in [1.82, 2.24) is 14.4 Å². The Morgan fingerprint density at radius 3 is 2.41 bits per heavy atom. The molecule has 1 aromatic carbocycles. The molecular formula is C22H23N3O4. The molecule has 0 spiro atoms. The average Bonchev–Trinajstić information content (AvgIpc) is 2.92. The number of aryl methyl sites for hydroxylation is 2. The first-order valence-corrected chi connectivity index (χ1v) is 9.68. The van der Waals surface area contributed by atoms with E-state index in [4.69, 9.17) is 4.42 Å². The van der Waals surface area contributed by atoms with Crippen molar-refractivity contribution in [1.29, 1.82) is 0 Å². The highest BCUT2D eigenvalue weighted by Gasteiger charge is 2.26. The van der Waals surface area contributed by atoms with Crippen molar-refractivity contribution in [2.45, 2.75) is 13.3 Å². The highest BCUT2D eigenvalue weighted by atomic mass is 16.3. The standard InChI is InChI=1S/C22H23N3O4/c1-15-13-16(26)14-20(29-15)22(28)25-9-4-8-24(11-12-25)21(27)18-5-3-6-19-17(18)7-10-23(19)2/h3,5-7,10,13-14H,4,8-9,11-12H2,1-2H3. The first-order chi connectivity index (χ1) is 13.9. The van der Waals surface area contributed by atoms with Crippen LogP contribution >= 0.6 is 0 Å². The molecule has 4 rings (SSSR count). The molecule has 0 saturated carbocycles. The molecule has 1 aliphatic heterocycles. The zero-order valence-electron chi connectivity index (χ0n) is 16.6. The van der Waals surface area contributed by atoms with Gasteiger partial charge in [-0.05, 0) is 31.5 Å². The normalized spacial score (nSPS) is 14.8. The molecule has 0 aliphatic carbocycles. The number of hydrogen-bond acceptors (Lipinski definition) is 4. The average molecular weight is 393 g/mol. The molecule has 7 heteroatoms. The molecule has 0 unspecified atom stereocenters. The lowest BCUT2D eigenvalue weighted by molar-refractivity contribution is 0.0698. The molecule has 150 valence electrons. The maximum Gasteiger partial charge on any atom is 0.289 e. The smallest absolute Gasteiger partial charge is 0.289 e. The molecule has 1 fully saturated rings. The van der Waals surface area contributed by atoms with Crippen LogP contribution in [-0.2, 0) is 7.05 Å². The third-order valence-electron chi connectivity index (χ3n) is 5.33. The molecule has 2 aromatic heterocycles. The molecule has 7 nitrogen and oxygen atoms in total. The van der Waals surface area contributed by atoms with Crippen LogP contribution in [0, 0.1) is 6.92 Å². The maximum atomic E-state index is 13.2. The lowest BCUT2D eigenvalue weighted by Crippen LogP contribution is -2.37. The fourth-order valence-electron chi connectivity index (χ4n) is 3.85. The van der Waals surface area contributed by atoms with Crippen LogP contribution in [0.1, 0.15) is 33.1 Å². The van der Waals surface area contributed by atoms with E-state index in [1.165, 1.54) is 12.1 Å². The SMILES string of the molecule is Cc1cc(=O)cc(C(=O)N2CCCN(C(=O)c3cccc4c3ccn4C)CC2)o1. The Hall–Kier alpha value is -3.35. The Morgan fingerprint density at radius 1 is 0.966 bits per heavy atom. The summed E-state index contributed by atoms with van der Waals surface area (Å²) in [5.74, 6) is 0.107. The van der Waals surface area contributed by atoms with Crippen LogP contribution in [0.2, 0.25) is 0 Å². The number of hydrogen-bond donors (Lipinski definition) is 0. The quantitative estimate of drug-likeness (QED) is 0.670. The van der Waals surface area contributed by atoms with E-state index in [2.05, 4.69) is 0 Å². The van der Waals surface area contributed by atoms with Crippen LogP contribution in [0.4, 0.5) is 0 Å². The minimum absolute atomic E-state index is 0.0295. The Kier molecular flexibility index (Phi) is 4.96. The van der Waals surface area contributed by atoms with Crippen LogP contribution in [0.25, 0.3) is 10.9 Å².